The van der Waals surface area contributed by atoms with E-state index >= 15 is 0 Å². The van der Waals surface area contributed by atoms with Gasteiger partial charge in [0, 0.05) is 24.2 Å². The highest BCUT2D eigenvalue weighted by Crippen LogP contribution is 2.27. The monoisotopic (exact) mass is 297 g/mol. The lowest BCUT2D eigenvalue weighted by molar-refractivity contribution is -0.384. The van der Waals surface area contributed by atoms with Gasteiger partial charge in [-0.05, 0) is 30.5 Å². The topological polar surface area (TPSA) is 79.0 Å². The van der Waals surface area contributed by atoms with E-state index in [1.165, 1.54) is 30.0 Å². The summed E-state index contributed by atoms with van der Waals surface area (Å²) in [4.78, 5) is 10.3. The van der Waals surface area contributed by atoms with Gasteiger partial charge in [-0.25, -0.2) is 0 Å². The van der Waals surface area contributed by atoms with E-state index in [2.05, 4.69) is 11.2 Å². The molecular weight excluding hydrogens is 282 g/mol. The number of aryl methyl sites for hydroxylation is 1. The van der Waals surface area contributed by atoms with Crippen LogP contribution in [0.2, 0.25) is 0 Å². The molecule has 6 nitrogen and oxygen atoms in total. The van der Waals surface area contributed by atoms with Crippen LogP contribution in [-0.2, 0) is 6.42 Å². The largest absolute Gasteiger partial charge is 0.507 e. The molecule has 0 bridgehead atoms. The number of nitrogens with zero attached hydrogens (tertiary/aromatic N) is 3. The van der Waals surface area contributed by atoms with Crippen molar-refractivity contribution < 1.29 is 10.0 Å². The van der Waals surface area contributed by atoms with Crippen LogP contribution in [0.4, 0.5) is 11.4 Å². The van der Waals surface area contributed by atoms with Crippen molar-refractivity contribution in [2.45, 2.75) is 12.8 Å². The zero-order valence-corrected chi connectivity index (χ0v) is 11.8. The Morgan fingerprint density at radius 3 is 2.91 bits per heavy atom. The van der Waals surface area contributed by atoms with Crippen molar-refractivity contribution in [2.24, 2.45) is 5.10 Å². The molecule has 2 aromatic carbocycles. The Morgan fingerprint density at radius 2 is 2.09 bits per heavy atom. The molecule has 0 amide bonds. The number of benzene rings is 2. The Kier molecular flexibility index (Phi) is 3.74. The molecule has 1 aliphatic rings. The molecule has 6 heteroatoms. The van der Waals surface area contributed by atoms with Gasteiger partial charge in [-0.3, -0.25) is 15.1 Å². The van der Waals surface area contributed by atoms with E-state index in [4.69, 9.17) is 0 Å². The summed E-state index contributed by atoms with van der Waals surface area (Å²) < 4.78 is 0. The van der Waals surface area contributed by atoms with Gasteiger partial charge in [0.15, 0.2) is 0 Å². The quantitative estimate of drug-likeness (QED) is 0.536. The van der Waals surface area contributed by atoms with Gasteiger partial charge < -0.3 is 5.11 Å². The third-order valence-electron chi connectivity index (χ3n) is 3.64. The standard InChI is InChI=1S/C16H15N3O3/c20-16-8-7-14(19(21)22)10-13(16)11-17-18-9-3-5-12-4-1-2-6-15(12)18/h1-2,4,6-8,10-11,20H,3,5,9H2. The molecule has 0 spiro atoms. The molecule has 0 radical (unpaired) electrons. The fraction of sp³-hybridized carbons (Fsp3) is 0.188. The van der Waals surface area contributed by atoms with Crippen molar-refractivity contribution in [3.05, 3.63) is 63.7 Å². The van der Waals surface area contributed by atoms with Crippen LogP contribution in [0.15, 0.2) is 47.6 Å². The second-order valence-corrected chi connectivity index (χ2v) is 5.10. The number of hydrogen-bond donors (Lipinski definition) is 1. The number of para-hydroxylation sites is 1. The number of phenolic OH excluding ortho intramolecular Hbond substituents is 1. The third kappa shape index (κ3) is 2.76. The van der Waals surface area contributed by atoms with Gasteiger partial charge in [0.05, 0.1) is 16.8 Å². The SMILES string of the molecule is O=[N+]([O-])c1ccc(O)c(C=NN2CCCc3ccccc32)c1. The van der Waals surface area contributed by atoms with Crippen LogP contribution in [0.5, 0.6) is 5.75 Å². The minimum absolute atomic E-state index is 0.0281. The number of rotatable bonds is 3. The lowest BCUT2D eigenvalue weighted by Gasteiger charge is -2.26. The normalized spacial score (nSPS) is 14.1. The van der Waals surface area contributed by atoms with E-state index in [-0.39, 0.29) is 11.4 Å². The molecule has 0 fully saturated rings. The number of hydrazone groups is 1. The maximum Gasteiger partial charge on any atom is 0.270 e. The van der Waals surface area contributed by atoms with Crippen molar-refractivity contribution in [3.63, 3.8) is 0 Å². The van der Waals surface area contributed by atoms with E-state index in [9.17, 15) is 15.2 Å². The van der Waals surface area contributed by atoms with Crippen LogP contribution in [0.1, 0.15) is 17.5 Å². The van der Waals surface area contributed by atoms with Crippen molar-refractivity contribution >= 4 is 17.6 Å². The van der Waals surface area contributed by atoms with Crippen molar-refractivity contribution in [3.8, 4) is 5.75 Å². The minimum atomic E-state index is -0.493. The summed E-state index contributed by atoms with van der Waals surface area (Å²) in [6, 6.07) is 11.9. The molecule has 3 rings (SSSR count). The average Bonchev–Trinajstić information content (AvgIpc) is 2.54. The number of non-ortho nitro benzene ring substituents is 1. The summed E-state index contributed by atoms with van der Waals surface area (Å²) in [5.74, 6) is -0.0281. The first-order valence-electron chi connectivity index (χ1n) is 7.02. The highest BCUT2D eigenvalue weighted by atomic mass is 16.6. The summed E-state index contributed by atoms with van der Waals surface area (Å²) in [5.41, 5.74) is 2.53. The van der Waals surface area contributed by atoms with Gasteiger partial charge >= 0.3 is 0 Å². The molecular formula is C16H15N3O3. The molecule has 0 aromatic heterocycles. The first kappa shape index (κ1) is 14.1. The number of fused-ring (bicyclic) bond motifs is 1. The molecule has 1 heterocycles. The van der Waals surface area contributed by atoms with E-state index in [0.29, 0.717) is 5.56 Å². The number of nitro groups is 1. The molecule has 1 N–H and O–H groups in total. The van der Waals surface area contributed by atoms with Gasteiger partial charge in [-0.2, -0.15) is 5.10 Å². The van der Waals surface area contributed by atoms with E-state index in [1.807, 2.05) is 23.2 Å². The van der Waals surface area contributed by atoms with E-state index in [1.54, 1.807) is 0 Å². The number of phenols is 1. The lowest BCUT2D eigenvalue weighted by Crippen LogP contribution is -2.24. The highest BCUT2D eigenvalue weighted by Gasteiger charge is 2.15. The summed E-state index contributed by atoms with van der Waals surface area (Å²) >= 11 is 0. The summed E-state index contributed by atoms with van der Waals surface area (Å²) in [6.07, 6.45) is 3.48. The predicted molar refractivity (Wildman–Crippen MR) is 84.5 cm³/mol. The molecule has 0 saturated carbocycles. The molecule has 0 atom stereocenters. The Hall–Kier alpha value is -2.89. The fourth-order valence-electron chi connectivity index (χ4n) is 2.52. The first-order chi connectivity index (χ1) is 10.6. The zero-order chi connectivity index (χ0) is 15.5. The van der Waals surface area contributed by atoms with Crippen LogP contribution in [0, 0.1) is 10.1 Å². The molecule has 0 saturated heterocycles. The first-order valence-corrected chi connectivity index (χ1v) is 7.02. The second kappa shape index (κ2) is 5.85. The summed E-state index contributed by atoms with van der Waals surface area (Å²) in [5, 5.41) is 26.9. The van der Waals surface area contributed by atoms with Crippen LogP contribution >= 0.6 is 0 Å². The minimum Gasteiger partial charge on any atom is -0.507 e. The number of nitro benzene ring substituents is 1. The predicted octanol–water partition coefficient (Wildman–Crippen LogP) is 3.09. The molecule has 2 aromatic rings. The molecule has 112 valence electrons. The van der Waals surface area contributed by atoms with E-state index < -0.39 is 4.92 Å². The van der Waals surface area contributed by atoms with Crippen LogP contribution < -0.4 is 5.01 Å². The summed E-state index contributed by atoms with van der Waals surface area (Å²) in [7, 11) is 0. The van der Waals surface area contributed by atoms with E-state index in [0.717, 1.165) is 25.1 Å². The Balaban J connectivity index is 1.89. The number of anilines is 1. The van der Waals surface area contributed by atoms with Crippen molar-refractivity contribution in [1.29, 1.82) is 0 Å². The smallest absolute Gasteiger partial charge is 0.270 e. The number of aromatic hydroxyl groups is 1. The van der Waals surface area contributed by atoms with Gasteiger partial charge in [0.25, 0.3) is 5.69 Å². The number of hydrogen-bond acceptors (Lipinski definition) is 5. The summed E-state index contributed by atoms with van der Waals surface area (Å²) in [6.45, 7) is 0.781. The van der Waals surface area contributed by atoms with Crippen LogP contribution in [-0.4, -0.2) is 22.8 Å². The maximum atomic E-state index is 10.8. The van der Waals surface area contributed by atoms with Gasteiger partial charge in [0.1, 0.15) is 5.75 Å². The van der Waals surface area contributed by atoms with Crippen molar-refractivity contribution in [1.82, 2.24) is 0 Å². The molecule has 0 unspecified atom stereocenters. The third-order valence-corrected chi connectivity index (χ3v) is 3.64. The zero-order valence-electron chi connectivity index (χ0n) is 11.8. The van der Waals surface area contributed by atoms with Crippen LogP contribution in [0.25, 0.3) is 0 Å². The van der Waals surface area contributed by atoms with Gasteiger partial charge in [0.2, 0.25) is 0 Å². The molecule has 22 heavy (non-hydrogen) atoms. The molecule has 1 aliphatic heterocycles. The van der Waals surface area contributed by atoms with Gasteiger partial charge in [-0.1, -0.05) is 18.2 Å². The Bertz CT molecular complexity index is 743. The average molecular weight is 297 g/mol. The lowest BCUT2D eigenvalue weighted by atomic mass is 10.0. The van der Waals surface area contributed by atoms with Crippen LogP contribution in [0.3, 0.4) is 0 Å². The second-order valence-electron chi connectivity index (χ2n) is 5.10. The fourth-order valence-corrected chi connectivity index (χ4v) is 2.52. The maximum absolute atomic E-state index is 10.8. The van der Waals surface area contributed by atoms with Gasteiger partial charge in [-0.15, -0.1) is 0 Å². The Morgan fingerprint density at radius 1 is 1.27 bits per heavy atom. The Labute approximate surface area is 127 Å². The highest BCUT2D eigenvalue weighted by molar-refractivity contribution is 5.85. The van der Waals surface area contributed by atoms with Crippen molar-refractivity contribution in [2.75, 3.05) is 11.6 Å². The molecule has 0 aliphatic carbocycles.